The highest BCUT2D eigenvalue weighted by molar-refractivity contribution is 6.36. The highest BCUT2D eigenvalue weighted by atomic mass is 35.5. The number of nitrogens with zero attached hydrogens (tertiary/aromatic N) is 2. The quantitative estimate of drug-likeness (QED) is 0.328. The number of hydrogen-bond donors (Lipinski definition) is 0. The maximum absolute atomic E-state index is 13.3. The summed E-state index contributed by atoms with van der Waals surface area (Å²) in [5.74, 6) is 1.83. The minimum atomic E-state index is -0.121. The summed E-state index contributed by atoms with van der Waals surface area (Å²) in [4.78, 5) is 18.0. The van der Waals surface area contributed by atoms with Crippen LogP contribution < -0.4 is 15.0 Å². The highest BCUT2D eigenvalue weighted by Crippen LogP contribution is 2.30. The lowest BCUT2D eigenvalue weighted by atomic mass is 10.1. The van der Waals surface area contributed by atoms with Crippen molar-refractivity contribution in [3.8, 4) is 22.9 Å². The van der Waals surface area contributed by atoms with E-state index in [0.29, 0.717) is 63.4 Å². The number of fused-ring (bicyclic) bond motifs is 1. The van der Waals surface area contributed by atoms with Gasteiger partial charge in [-0.2, -0.15) is 0 Å². The predicted molar refractivity (Wildman–Crippen MR) is 125 cm³/mol. The van der Waals surface area contributed by atoms with Crippen molar-refractivity contribution in [3.05, 3.63) is 87.1 Å². The molecule has 7 heteroatoms. The van der Waals surface area contributed by atoms with Crippen molar-refractivity contribution in [3.63, 3.8) is 0 Å². The van der Waals surface area contributed by atoms with Crippen molar-refractivity contribution >= 4 is 34.1 Å². The number of hydrogen-bond acceptors (Lipinski definition) is 4. The van der Waals surface area contributed by atoms with Crippen LogP contribution in [0, 0.1) is 0 Å². The third-order valence-electron chi connectivity index (χ3n) is 4.89. The molecule has 0 saturated carbocycles. The largest absolute Gasteiger partial charge is 0.493 e. The number of ether oxygens (including phenoxy) is 2. The van der Waals surface area contributed by atoms with E-state index in [9.17, 15) is 4.79 Å². The first-order chi connectivity index (χ1) is 15.1. The van der Waals surface area contributed by atoms with E-state index in [0.717, 1.165) is 0 Å². The molecular weight excluding hydrogens is 435 g/mol. The monoisotopic (exact) mass is 454 g/mol. The smallest absolute Gasteiger partial charge is 0.261 e. The Bertz CT molecular complexity index is 1290. The lowest BCUT2D eigenvalue weighted by Gasteiger charge is -2.15. The Morgan fingerprint density at radius 3 is 2.48 bits per heavy atom. The molecule has 0 spiro atoms. The summed E-state index contributed by atoms with van der Waals surface area (Å²) >= 11 is 12.5. The van der Waals surface area contributed by atoms with Crippen molar-refractivity contribution in [2.75, 3.05) is 13.7 Å². The van der Waals surface area contributed by atoms with E-state index in [4.69, 9.17) is 37.7 Å². The topological polar surface area (TPSA) is 53.4 Å². The van der Waals surface area contributed by atoms with E-state index in [1.807, 2.05) is 42.5 Å². The number of methoxy groups -OCH3 is 1. The molecule has 4 rings (SSSR count). The summed E-state index contributed by atoms with van der Waals surface area (Å²) < 4.78 is 12.8. The molecule has 0 bridgehead atoms. The van der Waals surface area contributed by atoms with Gasteiger partial charge in [-0.1, -0.05) is 47.5 Å². The number of para-hydroxylation sites is 3. The van der Waals surface area contributed by atoms with Crippen molar-refractivity contribution in [2.45, 2.75) is 13.0 Å². The number of rotatable bonds is 7. The first kappa shape index (κ1) is 21.2. The van der Waals surface area contributed by atoms with Gasteiger partial charge in [0.1, 0.15) is 5.82 Å². The first-order valence-corrected chi connectivity index (χ1v) is 10.5. The third-order valence-corrected chi connectivity index (χ3v) is 5.43. The van der Waals surface area contributed by atoms with Gasteiger partial charge in [0.15, 0.2) is 11.5 Å². The second-order valence-corrected chi connectivity index (χ2v) is 7.73. The fraction of sp³-hybridized carbons (Fsp3) is 0.167. The van der Waals surface area contributed by atoms with E-state index in [-0.39, 0.29) is 5.56 Å². The zero-order valence-corrected chi connectivity index (χ0v) is 18.4. The SMILES string of the molecule is COc1ccccc1OCCCn1c(-c2ccc(Cl)cc2Cl)nc2ccccc2c1=O. The molecule has 0 aliphatic carbocycles. The molecule has 0 N–H and O–H groups in total. The zero-order valence-electron chi connectivity index (χ0n) is 16.8. The molecule has 0 amide bonds. The standard InChI is InChI=1S/C24H20Cl2N2O3/c1-30-21-9-4-5-10-22(21)31-14-6-13-28-23(17-12-11-16(25)15-19(17)26)27-20-8-3-2-7-18(20)24(28)29/h2-5,7-12,15H,6,13-14H2,1H3. The molecule has 5 nitrogen and oxygen atoms in total. The Balaban J connectivity index is 1.65. The Morgan fingerprint density at radius 1 is 0.968 bits per heavy atom. The fourth-order valence-corrected chi connectivity index (χ4v) is 3.89. The van der Waals surface area contributed by atoms with Gasteiger partial charge in [0.2, 0.25) is 0 Å². The third kappa shape index (κ3) is 4.53. The van der Waals surface area contributed by atoms with Crippen LogP contribution in [0.2, 0.25) is 10.0 Å². The summed E-state index contributed by atoms with van der Waals surface area (Å²) in [6.07, 6.45) is 0.593. The molecule has 0 fully saturated rings. The Morgan fingerprint density at radius 2 is 1.71 bits per heavy atom. The molecule has 0 unspecified atom stereocenters. The van der Waals surface area contributed by atoms with E-state index in [1.165, 1.54) is 0 Å². The predicted octanol–water partition coefficient (Wildman–Crippen LogP) is 5.85. The Kier molecular flexibility index (Phi) is 6.44. The zero-order chi connectivity index (χ0) is 21.8. The van der Waals surface area contributed by atoms with Gasteiger partial charge >= 0.3 is 0 Å². The second kappa shape index (κ2) is 9.41. The molecule has 0 radical (unpaired) electrons. The van der Waals surface area contributed by atoms with E-state index in [2.05, 4.69) is 0 Å². The molecule has 0 aliphatic heterocycles. The van der Waals surface area contributed by atoms with Gasteiger partial charge < -0.3 is 9.47 Å². The summed E-state index contributed by atoms with van der Waals surface area (Å²) in [5, 5.41) is 1.52. The maximum Gasteiger partial charge on any atom is 0.261 e. The normalized spacial score (nSPS) is 10.9. The van der Waals surface area contributed by atoms with Gasteiger partial charge in [-0.15, -0.1) is 0 Å². The summed E-state index contributed by atoms with van der Waals surface area (Å²) in [5.41, 5.74) is 1.15. The molecule has 0 aliphatic rings. The highest BCUT2D eigenvalue weighted by Gasteiger charge is 2.15. The minimum absolute atomic E-state index is 0.121. The van der Waals surface area contributed by atoms with Gasteiger partial charge in [0.05, 0.1) is 29.6 Å². The van der Waals surface area contributed by atoms with Crippen LogP contribution >= 0.6 is 23.2 Å². The van der Waals surface area contributed by atoms with Crippen LogP contribution in [0.1, 0.15) is 6.42 Å². The Hall–Kier alpha value is -3.02. The van der Waals surface area contributed by atoms with Crippen molar-refractivity contribution in [1.82, 2.24) is 9.55 Å². The molecule has 1 aromatic heterocycles. The molecule has 3 aromatic carbocycles. The Labute approximate surface area is 189 Å². The van der Waals surface area contributed by atoms with Crippen LogP contribution in [0.4, 0.5) is 0 Å². The summed E-state index contributed by atoms with van der Waals surface area (Å²) in [7, 11) is 1.60. The van der Waals surface area contributed by atoms with Crippen LogP contribution in [-0.2, 0) is 6.54 Å². The van der Waals surface area contributed by atoms with E-state index >= 15 is 0 Å². The van der Waals surface area contributed by atoms with E-state index < -0.39 is 0 Å². The van der Waals surface area contributed by atoms with Crippen LogP contribution in [-0.4, -0.2) is 23.3 Å². The van der Waals surface area contributed by atoms with Gasteiger partial charge in [0.25, 0.3) is 5.56 Å². The molecule has 0 atom stereocenters. The van der Waals surface area contributed by atoms with Crippen LogP contribution in [0.3, 0.4) is 0 Å². The molecule has 31 heavy (non-hydrogen) atoms. The molecule has 158 valence electrons. The average Bonchev–Trinajstić information content (AvgIpc) is 2.78. The number of halogens is 2. The van der Waals surface area contributed by atoms with E-state index in [1.54, 1.807) is 35.9 Å². The summed E-state index contributed by atoms with van der Waals surface area (Å²) in [6.45, 7) is 0.827. The number of aromatic nitrogens is 2. The molecule has 1 heterocycles. The van der Waals surface area contributed by atoms with Crippen molar-refractivity contribution in [2.24, 2.45) is 0 Å². The summed E-state index contributed by atoms with van der Waals surface area (Å²) in [6, 6.07) is 19.9. The molecule has 4 aromatic rings. The maximum atomic E-state index is 13.3. The van der Waals surface area contributed by atoms with Crippen molar-refractivity contribution < 1.29 is 9.47 Å². The molecule has 0 saturated heterocycles. The van der Waals surface area contributed by atoms with Gasteiger partial charge in [-0.25, -0.2) is 4.98 Å². The number of benzene rings is 3. The average molecular weight is 455 g/mol. The molecular formula is C24H20Cl2N2O3. The lowest BCUT2D eigenvalue weighted by molar-refractivity contribution is 0.282. The first-order valence-electron chi connectivity index (χ1n) is 9.79. The second-order valence-electron chi connectivity index (χ2n) is 6.89. The van der Waals surface area contributed by atoms with Crippen molar-refractivity contribution in [1.29, 1.82) is 0 Å². The fourth-order valence-electron chi connectivity index (χ4n) is 3.39. The lowest BCUT2D eigenvalue weighted by Crippen LogP contribution is -2.24. The van der Waals surface area contributed by atoms with Gasteiger partial charge in [0, 0.05) is 17.1 Å². The van der Waals surface area contributed by atoms with Gasteiger partial charge in [-0.05, 0) is 48.9 Å². The van der Waals surface area contributed by atoms with Crippen LogP contribution in [0.25, 0.3) is 22.3 Å². The minimum Gasteiger partial charge on any atom is -0.493 e. The van der Waals surface area contributed by atoms with Crippen LogP contribution in [0.15, 0.2) is 71.5 Å². The van der Waals surface area contributed by atoms with Gasteiger partial charge in [-0.3, -0.25) is 9.36 Å². The van der Waals surface area contributed by atoms with Crippen LogP contribution in [0.5, 0.6) is 11.5 Å².